The van der Waals surface area contributed by atoms with Crippen molar-refractivity contribution in [1.29, 1.82) is 0 Å². The lowest BCUT2D eigenvalue weighted by Gasteiger charge is -2.07. The number of aryl methyl sites for hydroxylation is 1. The number of nitrogens with zero attached hydrogens (tertiary/aromatic N) is 4. The summed E-state index contributed by atoms with van der Waals surface area (Å²) in [5.41, 5.74) is 0.739. The zero-order valence-corrected chi connectivity index (χ0v) is 15.6. The molecule has 0 spiro atoms. The Morgan fingerprint density at radius 3 is 2.52 bits per heavy atom. The second kappa shape index (κ2) is 6.99. The highest BCUT2D eigenvalue weighted by Crippen LogP contribution is 2.20. The Bertz CT molecular complexity index is 1160. The number of hydrogen-bond acceptors (Lipinski definition) is 4. The molecule has 9 heteroatoms. The lowest BCUT2D eigenvalue weighted by molar-refractivity contribution is 0.0999. The molecule has 2 aromatic carbocycles. The van der Waals surface area contributed by atoms with Crippen molar-refractivity contribution in [3.05, 3.63) is 71.1 Å². The van der Waals surface area contributed by atoms with Crippen molar-refractivity contribution in [2.75, 3.05) is 6.26 Å². The van der Waals surface area contributed by atoms with Crippen LogP contribution in [0.25, 0.3) is 5.69 Å². The molecule has 3 rings (SSSR count). The summed E-state index contributed by atoms with van der Waals surface area (Å²) in [5.74, 6) is -2.40. The lowest BCUT2D eigenvalue weighted by atomic mass is 10.2. The van der Waals surface area contributed by atoms with Crippen LogP contribution in [0.5, 0.6) is 0 Å². The first-order valence-electron chi connectivity index (χ1n) is 7.90. The molecule has 140 valence electrons. The van der Waals surface area contributed by atoms with Gasteiger partial charge in [-0.2, -0.15) is 4.36 Å². The largest absolute Gasteiger partial charge is 0.307 e. The van der Waals surface area contributed by atoms with E-state index in [0.29, 0.717) is 11.0 Å². The van der Waals surface area contributed by atoms with Gasteiger partial charge in [-0.05, 0) is 37.6 Å². The van der Waals surface area contributed by atoms with E-state index in [1.807, 2.05) is 0 Å². The van der Waals surface area contributed by atoms with E-state index in [-0.39, 0.29) is 17.1 Å². The summed E-state index contributed by atoms with van der Waals surface area (Å²) >= 11 is 0. The summed E-state index contributed by atoms with van der Waals surface area (Å²) in [6.45, 7) is 3.27. The van der Waals surface area contributed by atoms with Crippen molar-refractivity contribution in [2.24, 2.45) is 4.36 Å². The number of rotatable bonds is 3. The molecule has 0 radical (unpaired) electrons. The maximum atomic E-state index is 14.0. The quantitative estimate of drug-likeness (QED) is 0.686. The highest BCUT2D eigenvalue weighted by atomic mass is 32.2. The fraction of sp³-hybridized carbons (Fsp3) is 0.167. The van der Waals surface area contributed by atoms with Gasteiger partial charge in [0.1, 0.15) is 11.5 Å². The van der Waals surface area contributed by atoms with E-state index >= 15 is 0 Å². The van der Waals surface area contributed by atoms with E-state index in [0.717, 1.165) is 16.3 Å². The Morgan fingerprint density at radius 1 is 1.15 bits per heavy atom. The summed E-state index contributed by atoms with van der Waals surface area (Å²) in [6, 6.07) is 9.90. The topological polar surface area (TPSA) is 77.2 Å². The van der Waals surface area contributed by atoms with Gasteiger partial charge < -0.3 is 0 Å². The fourth-order valence-electron chi connectivity index (χ4n) is 2.64. The third-order valence-corrected chi connectivity index (χ3v) is 5.78. The van der Waals surface area contributed by atoms with Gasteiger partial charge in [0, 0.05) is 12.3 Å². The molecule has 0 aliphatic carbocycles. The molecule has 1 unspecified atom stereocenters. The van der Waals surface area contributed by atoms with Gasteiger partial charge in [0.15, 0.2) is 11.5 Å². The van der Waals surface area contributed by atoms with Crippen molar-refractivity contribution in [2.45, 2.75) is 18.7 Å². The van der Waals surface area contributed by atoms with Crippen LogP contribution in [0.4, 0.5) is 8.78 Å². The molecule has 1 aromatic heterocycles. The predicted molar refractivity (Wildman–Crippen MR) is 96.3 cm³/mol. The number of benzene rings is 2. The van der Waals surface area contributed by atoms with Crippen LogP contribution in [0.2, 0.25) is 0 Å². The minimum atomic E-state index is -3.00. The summed E-state index contributed by atoms with van der Waals surface area (Å²) in [5, 5.41) is 7.49. The summed E-state index contributed by atoms with van der Waals surface area (Å²) < 4.78 is 44.9. The van der Waals surface area contributed by atoms with Crippen LogP contribution in [0.1, 0.15) is 21.7 Å². The maximum Gasteiger partial charge on any atom is 0.307 e. The van der Waals surface area contributed by atoms with Gasteiger partial charge in [-0.25, -0.2) is 17.7 Å². The zero-order chi connectivity index (χ0) is 19.8. The van der Waals surface area contributed by atoms with E-state index in [4.69, 9.17) is 0 Å². The van der Waals surface area contributed by atoms with Crippen molar-refractivity contribution < 1.29 is 17.8 Å². The smallest absolute Gasteiger partial charge is 0.264 e. The standard InChI is InChI=1S/C18H16F2N4O2S/c1-11-6-4-5-7-16(11)27(3,26)22-18(25)17-12(2)24(23-21-17)15-9-8-13(19)10-14(15)20/h4-10H,1-3H3. The Morgan fingerprint density at radius 2 is 1.85 bits per heavy atom. The molecule has 0 N–H and O–H groups in total. The van der Waals surface area contributed by atoms with E-state index in [1.54, 1.807) is 31.2 Å². The SMILES string of the molecule is Cc1ccccc1S(C)(=O)=NC(=O)c1nnn(-c2ccc(F)cc2F)c1C. The fourth-order valence-corrected chi connectivity index (χ4v) is 4.14. The molecule has 1 atom stereocenters. The molecule has 0 aliphatic heterocycles. The summed E-state index contributed by atoms with van der Waals surface area (Å²) in [4.78, 5) is 13.0. The average molecular weight is 390 g/mol. The van der Waals surface area contributed by atoms with E-state index in [9.17, 15) is 17.8 Å². The number of amides is 1. The first kappa shape index (κ1) is 18.8. The van der Waals surface area contributed by atoms with E-state index in [1.165, 1.54) is 19.2 Å². The van der Waals surface area contributed by atoms with Gasteiger partial charge in [-0.1, -0.05) is 23.4 Å². The summed E-state index contributed by atoms with van der Waals surface area (Å²) in [7, 11) is -3.00. The maximum absolute atomic E-state index is 14.0. The monoisotopic (exact) mass is 390 g/mol. The first-order chi connectivity index (χ1) is 12.7. The number of aromatic nitrogens is 3. The van der Waals surface area contributed by atoms with Crippen LogP contribution in [0.15, 0.2) is 51.7 Å². The molecule has 0 bridgehead atoms. The Hall–Kier alpha value is -2.94. The third kappa shape index (κ3) is 3.63. The molecule has 0 fully saturated rings. The predicted octanol–water partition coefficient (Wildman–Crippen LogP) is 3.46. The lowest BCUT2D eigenvalue weighted by Crippen LogP contribution is -2.08. The number of carbonyl (C=O) groups is 1. The molecule has 1 heterocycles. The van der Waals surface area contributed by atoms with Crippen LogP contribution in [0.3, 0.4) is 0 Å². The van der Waals surface area contributed by atoms with Gasteiger partial charge in [0.2, 0.25) is 0 Å². The minimum Gasteiger partial charge on any atom is -0.264 e. The van der Waals surface area contributed by atoms with Gasteiger partial charge in [0.05, 0.1) is 20.3 Å². The Balaban J connectivity index is 2.03. The van der Waals surface area contributed by atoms with Crippen molar-refractivity contribution in [3.8, 4) is 5.69 Å². The van der Waals surface area contributed by atoms with Crippen LogP contribution >= 0.6 is 0 Å². The molecular weight excluding hydrogens is 374 g/mol. The van der Waals surface area contributed by atoms with Crippen LogP contribution in [0, 0.1) is 25.5 Å². The van der Waals surface area contributed by atoms with Crippen LogP contribution < -0.4 is 0 Å². The third-order valence-electron chi connectivity index (χ3n) is 3.99. The van der Waals surface area contributed by atoms with Gasteiger partial charge in [-0.15, -0.1) is 5.10 Å². The normalized spacial score (nSPS) is 13.2. The molecule has 27 heavy (non-hydrogen) atoms. The Labute approximate surface area is 155 Å². The van der Waals surface area contributed by atoms with Gasteiger partial charge >= 0.3 is 5.91 Å². The van der Waals surface area contributed by atoms with Crippen LogP contribution in [-0.4, -0.2) is 31.4 Å². The molecule has 0 saturated heterocycles. The molecule has 1 amide bonds. The van der Waals surface area contributed by atoms with Gasteiger partial charge in [-0.3, -0.25) is 4.79 Å². The molecule has 6 nitrogen and oxygen atoms in total. The Kier molecular flexibility index (Phi) is 4.88. The first-order valence-corrected chi connectivity index (χ1v) is 9.83. The second-order valence-electron chi connectivity index (χ2n) is 6.00. The highest BCUT2D eigenvalue weighted by molar-refractivity contribution is 7.93. The summed E-state index contributed by atoms with van der Waals surface area (Å²) in [6.07, 6.45) is 1.37. The van der Waals surface area contributed by atoms with Crippen molar-refractivity contribution in [1.82, 2.24) is 15.0 Å². The van der Waals surface area contributed by atoms with E-state index < -0.39 is 27.3 Å². The number of carbonyl (C=O) groups excluding carboxylic acids is 1. The molecular formula is C18H16F2N4O2S. The zero-order valence-electron chi connectivity index (χ0n) is 14.8. The van der Waals surface area contributed by atoms with Crippen LogP contribution in [-0.2, 0) is 9.73 Å². The molecule has 3 aromatic rings. The number of halogens is 2. The molecule has 0 aliphatic rings. The average Bonchev–Trinajstić information content (AvgIpc) is 2.96. The highest BCUT2D eigenvalue weighted by Gasteiger charge is 2.21. The molecule has 0 saturated carbocycles. The minimum absolute atomic E-state index is 0.0587. The number of hydrogen-bond donors (Lipinski definition) is 0. The van der Waals surface area contributed by atoms with Crippen molar-refractivity contribution >= 4 is 15.6 Å². The van der Waals surface area contributed by atoms with Crippen molar-refractivity contribution in [3.63, 3.8) is 0 Å². The van der Waals surface area contributed by atoms with E-state index in [2.05, 4.69) is 14.7 Å². The van der Waals surface area contributed by atoms with Gasteiger partial charge in [0.25, 0.3) is 0 Å². The second-order valence-corrected chi connectivity index (χ2v) is 8.22.